The first-order valence-electron chi connectivity index (χ1n) is 8.12. The minimum absolute atomic E-state index is 0.0163. The highest BCUT2D eigenvalue weighted by Gasteiger charge is 2.23. The van der Waals surface area contributed by atoms with Gasteiger partial charge in [-0.05, 0) is 53.6 Å². The Morgan fingerprint density at radius 1 is 1.42 bits per heavy atom. The van der Waals surface area contributed by atoms with Crippen molar-refractivity contribution < 1.29 is 9.90 Å². The number of halogens is 1. The van der Waals surface area contributed by atoms with E-state index in [0.717, 1.165) is 54.6 Å². The quantitative estimate of drug-likeness (QED) is 0.815. The predicted octanol–water partition coefficient (Wildman–Crippen LogP) is 2.23. The Bertz CT molecular complexity index is 780. The molecule has 0 aliphatic carbocycles. The number of thiazole rings is 1. The molecule has 8 heteroatoms. The first-order chi connectivity index (χ1) is 11.6. The van der Waals surface area contributed by atoms with E-state index in [2.05, 4.69) is 20.9 Å². The first-order valence-corrected chi connectivity index (χ1v) is 9.73. The second-order valence-corrected chi connectivity index (χ2v) is 7.98. The molecule has 1 amide bonds. The minimum atomic E-state index is -0.151. The zero-order chi connectivity index (χ0) is 17.1. The summed E-state index contributed by atoms with van der Waals surface area (Å²) in [5, 5.41) is 8.91. The van der Waals surface area contributed by atoms with E-state index >= 15 is 0 Å². The number of aliphatic hydroxyl groups is 1. The van der Waals surface area contributed by atoms with Crippen LogP contribution in [-0.4, -0.2) is 45.2 Å². The third kappa shape index (κ3) is 3.87. The summed E-state index contributed by atoms with van der Waals surface area (Å²) in [4.78, 5) is 31.3. The maximum Gasteiger partial charge on any atom is 0.310 e. The molecule has 1 aliphatic rings. The van der Waals surface area contributed by atoms with Crippen molar-refractivity contribution in [2.24, 2.45) is 5.92 Å². The van der Waals surface area contributed by atoms with Crippen LogP contribution in [0.3, 0.4) is 0 Å². The topological polar surface area (TPSA) is 75.4 Å². The van der Waals surface area contributed by atoms with E-state index < -0.39 is 0 Å². The van der Waals surface area contributed by atoms with Crippen molar-refractivity contribution in [3.8, 4) is 0 Å². The highest BCUT2D eigenvalue weighted by molar-refractivity contribution is 9.10. The van der Waals surface area contributed by atoms with Crippen molar-refractivity contribution >= 4 is 43.5 Å². The SMILES string of the molecule is O=C(Cn1c(=O)sc2ncc(Br)cc21)N1CCC(CCCO)CC1. The molecular weight excluding hydrogens is 394 g/mol. The number of nitrogens with zero attached hydrogens (tertiary/aromatic N) is 3. The number of fused-ring (bicyclic) bond motifs is 1. The van der Waals surface area contributed by atoms with Crippen LogP contribution in [0.15, 0.2) is 21.5 Å². The summed E-state index contributed by atoms with van der Waals surface area (Å²) in [5.74, 6) is 0.573. The number of rotatable bonds is 5. The van der Waals surface area contributed by atoms with Crippen LogP contribution in [-0.2, 0) is 11.3 Å². The number of piperidine rings is 1. The highest BCUT2D eigenvalue weighted by Crippen LogP contribution is 2.23. The lowest BCUT2D eigenvalue weighted by atomic mass is 9.92. The van der Waals surface area contributed by atoms with Gasteiger partial charge in [-0.1, -0.05) is 11.3 Å². The maximum absolute atomic E-state index is 12.6. The van der Waals surface area contributed by atoms with Gasteiger partial charge in [-0.2, -0.15) is 0 Å². The van der Waals surface area contributed by atoms with E-state index in [1.54, 1.807) is 6.20 Å². The molecule has 3 rings (SSSR count). The molecule has 0 atom stereocenters. The van der Waals surface area contributed by atoms with Gasteiger partial charge in [-0.25, -0.2) is 4.98 Å². The molecule has 1 fully saturated rings. The van der Waals surface area contributed by atoms with Crippen LogP contribution in [0.2, 0.25) is 0 Å². The maximum atomic E-state index is 12.6. The molecule has 0 bridgehead atoms. The molecule has 3 heterocycles. The molecular formula is C16H20BrN3O3S. The van der Waals surface area contributed by atoms with Crippen LogP contribution < -0.4 is 4.87 Å². The number of hydrogen-bond donors (Lipinski definition) is 1. The van der Waals surface area contributed by atoms with Gasteiger partial charge in [-0.15, -0.1) is 0 Å². The molecule has 24 heavy (non-hydrogen) atoms. The van der Waals surface area contributed by atoms with Crippen molar-refractivity contribution in [2.75, 3.05) is 19.7 Å². The summed E-state index contributed by atoms with van der Waals surface area (Å²) in [6.45, 7) is 1.76. The van der Waals surface area contributed by atoms with Crippen molar-refractivity contribution in [3.63, 3.8) is 0 Å². The van der Waals surface area contributed by atoms with E-state index in [9.17, 15) is 9.59 Å². The number of carbonyl (C=O) groups is 1. The highest BCUT2D eigenvalue weighted by atomic mass is 79.9. The van der Waals surface area contributed by atoms with Crippen LogP contribution in [0, 0.1) is 5.92 Å². The fourth-order valence-electron chi connectivity index (χ4n) is 3.16. The lowest BCUT2D eigenvalue weighted by Gasteiger charge is -2.32. The van der Waals surface area contributed by atoms with Gasteiger partial charge in [0.1, 0.15) is 11.4 Å². The number of aliphatic hydroxyl groups excluding tert-OH is 1. The van der Waals surface area contributed by atoms with Crippen LogP contribution in [0.1, 0.15) is 25.7 Å². The van der Waals surface area contributed by atoms with E-state index in [4.69, 9.17) is 5.11 Å². The molecule has 2 aromatic rings. The van der Waals surface area contributed by atoms with E-state index in [1.807, 2.05) is 11.0 Å². The molecule has 0 radical (unpaired) electrons. The summed E-state index contributed by atoms with van der Waals surface area (Å²) in [6.07, 6.45) is 5.45. The molecule has 0 aromatic carbocycles. The van der Waals surface area contributed by atoms with Gasteiger partial charge in [0.15, 0.2) is 0 Å². The Labute approximate surface area is 152 Å². The van der Waals surface area contributed by atoms with Crippen LogP contribution in [0.25, 0.3) is 10.3 Å². The van der Waals surface area contributed by atoms with Gasteiger partial charge < -0.3 is 10.0 Å². The molecule has 1 aliphatic heterocycles. The Kier molecular flexibility index (Phi) is 5.68. The summed E-state index contributed by atoms with van der Waals surface area (Å²) < 4.78 is 2.30. The van der Waals surface area contributed by atoms with Crippen molar-refractivity contribution in [3.05, 3.63) is 26.4 Å². The second-order valence-electron chi connectivity index (χ2n) is 6.12. The lowest BCUT2D eigenvalue weighted by Crippen LogP contribution is -2.41. The average molecular weight is 414 g/mol. The number of carbonyl (C=O) groups excluding carboxylic acids is 1. The third-order valence-corrected chi connectivity index (χ3v) is 5.86. The zero-order valence-electron chi connectivity index (χ0n) is 13.3. The standard InChI is InChI=1S/C16H20BrN3O3S/c17-12-8-13-15(18-9-12)24-16(23)20(13)10-14(22)19-5-3-11(4-6-19)2-1-7-21/h8-9,11,21H,1-7,10H2. The largest absolute Gasteiger partial charge is 0.396 e. The van der Waals surface area contributed by atoms with Gasteiger partial charge >= 0.3 is 4.87 Å². The molecule has 0 spiro atoms. The fourth-order valence-corrected chi connectivity index (χ4v) is 4.30. The zero-order valence-corrected chi connectivity index (χ0v) is 15.7. The van der Waals surface area contributed by atoms with Gasteiger partial charge in [0.05, 0.1) is 5.52 Å². The van der Waals surface area contributed by atoms with E-state index in [-0.39, 0.29) is 23.9 Å². The molecule has 2 aromatic heterocycles. The van der Waals surface area contributed by atoms with Gasteiger partial charge in [-0.3, -0.25) is 14.2 Å². The predicted molar refractivity (Wildman–Crippen MR) is 97.2 cm³/mol. The molecule has 130 valence electrons. The summed E-state index contributed by atoms with van der Waals surface area (Å²) >= 11 is 4.43. The molecule has 0 saturated carbocycles. The number of pyridine rings is 1. The van der Waals surface area contributed by atoms with Crippen molar-refractivity contribution in [1.29, 1.82) is 0 Å². The Morgan fingerprint density at radius 3 is 2.88 bits per heavy atom. The molecule has 1 N–H and O–H groups in total. The Morgan fingerprint density at radius 2 is 2.17 bits per heavy atom. The molecule has 0 unspecified atom stereocenters. The average Bonchev–Trinajstić information content (AvgIpc) is 2.88. The first kappa shape index (κ1) is 17.6. The number of amides is 1. The van der Waals surface area contributed by atoms with Crippen molar-refractivity contribution in [1.82, 2.24) is 14.5 Å². The lowest BCUT2D eigenvalue weighted by molar-refractivity contribution is -0.133. The Balaban J connectivity index is 1.67. The number of hydrogen-bond acceptors (Lipinski definition) is 5. The van der Waals surface area contributed by atoms with E-state index in [0.29, 0.717) is 16.3 Å². The smallest absolute Gasteiger partial charge is 0.310 e. The van der Waals surface area contributed by atoms with E-state index in [1.165, 1.54) is 4.57 Å². The van der Waals surface area contributed by atoms with Gasteiger partial charge in [0, 0.05) is 30.4 Å². The fraction of sp³-hybridized carbons (Fsp3) is 0.562. The summed E-state index contributed by atoms with van der Waals surface area (Å²) in [5.41, 5.74) is 0.700. The minimum Gasteiger partial charge on any atom is -0.396 e. The number of aromatic nitrogens is 2. The van der Waals surface area contributed by atoms with Crippen molar-refractivity contribution in [2.45, 2.75) is 32.2 Å². The molecule has 1 saturated heterocycles. The number of likely N-dealkylation sites (tertiary alicyclic amines) is 1. The van der Waals surface area contributed by atoms with Gasteiger partial charge in [0.25, 0.3) is 0 Å². The van der Waals surface area contributed by atoms with Gasteiger partial charge in [0.2, 0.25) is 5.91 Å². The third-order valence-electron chi connectivity index (χ3n) is 4.53. The second kappa shape index (κ2) is 7.76. The Hall–Kier alpha value is -1.25. The normalized spacial score (nSPS) is 16.0. The summed E-state index contributed by atoms with van der Waals surface area (Å²) in [7, 11) is 0. The van der Waals surface area contributed by atoms with Crippen LogP contribution >= 0.6 is 27.3 Å². The van der Waals surface area contributed by atoms with Crippen LogP contribution in [0.4, 0.5) is 0 Å². The van der Waals surface area contributed by atoms with Crippen LogP contribution in [0.5, 0.6) is 0 Å². The monoisotopic (exact) mass is 413 g/mol. The summed E-state index contributed by atoms with van der Waals surface area (Å²) in [6, 6.07) is 1.83. The molecule has 6 nitrogen and oxygen atoms in total.